The minimum atomic E-state index is -3.85. The number of rotatable bonds is 4. The first-order valence-corrected chi connectivity index (χ1v) is 8.46. The van der Waals surface area contributed by atoms with Gasteiger partial charge in [-0.25, -0.2) is 13.1 Å². The van der Waals surface area contributed by atoms with Crippen LogP contribution in [0.15, 0.2) is 17.0 Å². The predicted octanol–water partition coefficient (Wildman–Crippen LogP) is 2.01. The van der Waals surface area contributed by atoms with E-state index in [-0.39, 0.29) is 33.5 Å². The Labute approximate surface area is 128 Å². The zero-order valence-electron chi connectivity index (χ0n) is 10.6. The fraction of sp³-hybridized carbons (Fsp3) is 0.500. The topological polar surface area (TPSA) is 92.4 Å². The molecule has 1 aliphatic rings. The van der Waals surface area contributed by atoms with E-state index in [1.54, 1.807) is 0 Å². The van der Waals surface area contributed by atoms with Gasteiger partial charge in [-0.15, -0.1) is 0 Å². The minimum absolute atomic E-state index is 0.0129. The summed E-state index contributed by atoms with van der Waals surface area (Å²) in [5.74, 6) is -0.0730. The van der Waals surface area contributed by atoms with Crippen molar-refractivity contribution in [2.24, 2.45) is 5.92 Å². The van der Waals surface area contributed by atoms with Crippen LogP contribution in [0.1, 0.15) is 19.3 Å². The molecule has 1 fully saturated rings. The number of benzene rings is 1. The van der Waals surface area contributed by atoms with Gasteiger partial charge in [-0.3, -0.25) is 0 Å². The Hall–Kier alpha value is -0.530. The van der Waals surface area contributed by atoms with Crippen LogP contribution in [0.3, 0.4) is 0 Å². The molecule has 1 saturated carbocycles. The zero-order valence-corrected chi connectivity index (χ0v) is 13.0. The van der Waals surface area contributed by atoms with Crippen molar-refractivity contribution in [2.45, 2.75) is 30.2 Å². The van der Waals surface area contributed by atoms with Gasteiger partial charge in [0.1, 0.15) is 4.90 Å². The highest BCUT2D eigenvalue weighted by atomic mass is 35.5. The molecule has 0 heterocycles. The van der Waals surface area contributed by atoms with Gasteiger partial charge in [-0.05, 0) is 30.9 Å². The fourth-order valence-corrected chi connectivity index (χ4v) is 5.08. The van der Waals surface area contributed by atoms with Gasteiger partial charge in [0.25, 0.3) is 0 Å². The van der Waals surface area contributed by atoms with Gasteiger partial charge < -0.3 is 10.8 Å². The highest BCUT2D eigenvalue weighted by molar-refractivity contribution is 7.89. The highest BCUT2D eigenvalue weighted by Gasteiger charge is 2.32. The van der Waals surface area contributed by atoms with Crippen molar-refractivity contribution in [1.29, 1.82) is 0 Å². The van der Waals surface area contributed by atoms with Gasteiger partial charge in [-0.2, -0.15) is 0 Å². The Balaban J connectivity index is 2.32. The molecular formula is C12H16Cl2N2O3S. The number of hydrogen-bond donors (Lipinski definition) is 3. The van der Waals surface area contributed by atoms with Gasteiger partial charge in [-0.1, -0.05) is 29.6 Å². The number of hydrogen-bond acceptors (Lipinski definition) is 4. The molecule has 8 heteroatoms. The molecule has 0 aliphatic heterocycles. The molecule has 1 aromatic rings. The van der Waals surface area contributed by atoms with E-state index >= 15 is 0 Å². The van der Waals surface area contributed by atoms with Gasteiger partial charge in [0.2, 0.25) is 10.0 Å². The Morgan fingerprint density at radius 2 is 1.90 bits per heavy atom. The van der Waals surface area contributed by atoms with Crippen molar-refractivity contribution in [3.63, 3.8) is 0 Å². The van der Waals surface area contributed by atoms with E-state index in [0.29, 0.717) is 12.1 Å². The molecule has 2 atom stereocenters. The lowest BCUT2D eigenvalue weighted by Crippen LogP contribution is -2.38. The van der Waals surface area contributed by atoms with Crippen LogP contribution in [0.2, 0.25) is 10.0 Å². The Morgan fingerprint density at radius 1 is 1.30 bits per heavy atom. The summed E-state index contributed by atoms with van der Waals surface area (Å²) in [6, 6.07) is 2.40. The molecular weight excluding hydrogens is 323 g/mol. The maximum Gasteiger partial charge on any atom is 0.243 e. The van der Waals surface area contributed by atoms with E-state index in [1.165, 1.54) is 12.1 Å². The van der Waals surface area contributed by atoms with Gasteiger partial charge in [0.15, 0.2) is 0 Å². The van der Waals surface area contributed by atoms with E-state index in [1.807, 2.05) is 0 Å². The van der Waals surface area contributed by atoms with E-state index in [0.717, 1.165) is 12.8 Å². The van der Waals surface area contributed by atoms with E-state index in [4.69, 9.17) is 28.9 Å². The number of aliphatic hydroxyl groups excluding tert-OH is 1. The van der Waals surface area contributed by atoms with Gasteiger partial charge in [0.05, 0.1) is 10.0 Å². The van der Waals surface area contributed by atoms with Crippen LogP contribution in [-0.2, 0) is 10.0 Å². The molecule has 0 spiro atoms. The van der Waals surface area contributed by atoms with Crippen molar-refractivity contribution in [3.8, 4) is 0 Å². The van der Waals surface area contributed by atoms with Crippen molar-refractivity contribution in [2.75, 3.05) is 12.3 Å². The molecule has 2 rings (SSSR count). The number of nitrogen functional groups attached to an aromatic ring is 1. The average Bonchev–Trinajstić information content (AvgIpc) is 2.73. The monoisotopic (exact) mass is 338 g/mol. The molecule has 0 saturated heterocycles. The second kappa shape index (κ2) is 6.07. The number of halogens is 2. The Kier molecular flexibility index (Phi) is 4.81. The lowest BCUT2D eigenvalue weighted by atomic mass is 10.1. The predicted molar refractivity (Wildman–Crippen MR) is 79.4 cm³/mol. The van der Waals surface area contributed by atoms with Crippen molar-refractivity contribution < 1.29 is 13.5 Å². The molecule has 0 aromatic heterocycles. The smallest absolute Gasteiger partial charge is 0.243 e. The molecule has 4 N–H and O–H groups in total. The quantitative estimate of drug-likeness (QED) is 0.732. The SMILES string of the molecule is Nc1cc(Cl)c(S(=O)(=O)NC2CCCC2CO)c(Cl)c1. The average molecular weight is 339 g/mol. The van der Waals surface area contributed by atoms with Crippen molar-refractivity contribution in [1.82, 2.24) is 4.72 Å². The summed E-state index contributed by atoms with van der Waals surface area (Å²) in [7, 11) is -3.85. The zero-order chi connectivity index (χ0) is 14.9. The van der Waals surface area contributed by atoms with Gasteiger partial charge >= 0.3 is 0 Å². The van der Waals surface area contributed by atoms with Crippen LogP contribution < -0.4 is 10.5 Å². The summed E-state index contributed by atoms with van der Waals surface area (Å²) in [6.07, 6.45) is 2.36. The molecule has 112 valence electrons. The maximum atomic E-state index is 12.4. The lowest BCUT2D eigenvalue weighted by Gasteiger charge is -2.20. The molecule has 0 amide bonds. The fourth-order valence-electron chi connectivity index (χ4n) is 2.50. The van der Waals surface area contributed by atoms with E-state index in [9.17, 15) is 13.5 Å². The number of anilines is 1. The first-order valence-electron chi connectivity index (χ1n) is 6.23. The number of nitrogens with two attached hydrogens (primary N) is 1. The normalized spacial score (nSPS) is 23.1. The van der Waals surface area contributed by atoms with Crippen LogP contribution in [0.25, 0.3) is 0 Å². The first kappa shape index (κ1) is 15.9. The summed E-state index contributed by atoms with van der Waals surface area (Å²) in [5.41, 5.74) is 5.86. The van der Waals surface area contributed by atoms with Crippen molar-refractivity contribution in [3.05, 3.63) is 22.2 Å². The number of nitrogens with one attached hydrogen (secondary N) is 1. The highest BCUT2D eigenvalue weighted by Crippen LogP contribution is 2.33. The summed E-state index contributed by atoms with van der Waals surface area (Å²) in [5, 5.41) is 9.22. The second-order valence-corrected chi connectivity index (χ2v) is 7.38. The minimum Gasteiger partial charge on any atom is -0.399 e. The van der Waals surface area contributed by atoms with Crippen LogP contribution in [0.5, 0.6) is 0 Å². The molecule has 2 unspecified atom stereocenters. The maximum absolute atomic E-state index is 12.4. The third-order valence-electron chi connectivity index (χ3n) is 3.49. The summed E-state index contributed by atoms with van der Waals surface area (Å²) in [6.45, 7) is -0.0452. The molecule has 0 radical (unpaired) electrons. The van der Waals surface area contributed by atoms with Crippen LogP contribution in [0, 0.1) is 5.92 Å². The first-order chi connectivity index (χ1) is 9.35. The van der Waals surface area contributed by atoms with Gasteiger partial charge in [0, 0.05) is 18.3 Å². The Bertz CT molecular complexity index is 584. The van der Waals surface area contributed by atoms with Crippen LogP contribution in [-0.4, -0.2) is 26.2 Å². The Morgan fingerprint density at radius 3 is 2.45 bits per heavy atom. The lowest BCUT2D eigenvalue weighted by molar-refractivity contribution is 0.213. The van der Waals surface area contributed by atoms with Crippen molar-refractivity contribution >= 4 is 38.9 Å². The third kappa shape index (κ3) is 3.20. The molecule has 1 aromatic carbocycles. The van der Waals surface area contributed by atoms with Crippen LogP contribution >= 0.6 is 23.2 Å². The molecule has 20 heavy (non-hydrogen) atoms. The van der Waals surface area contributed by atoms with E-state index in [2.05, 4.69) is 4.72 Å². The largest absolute Gasteiger partial charge is 0.399 e. The second-order valence-electron chi connectivity index (χ2n) is 4.92. The standard InChI is InChI=1S/C12H16Cl2N2O3S/c13-9-4-8(15)5-10(14)12(9)20(18,19)16-11-3-1-2-7(11)6-17/h4-5,7,11,16-17H,1-3,6,15H2. The molecule has 5 nitrogen and oxygen atoms in total. The summed E-state index contributed by atoms with van der Waals surface area (Å²) < 4.78 is 27.4. The number of aliphatic hydroxyl groups is 1. The number of sulfonamides is 1. The molecule has 0 bridgehead atoms. The molecule has 1 aliphatic carbocycles. The third-order valence-corrected chi connectivity index (χ3v) is 5.90. The van der Waals surface area contributed by atoms with E-state index < -0.39 is 10.0 Å². The van der Waals surface area contributed by atoms with Crippen LogP contribution in [0.4, 0.5) is 5.69 Å². The summed E-state index contributed by atoms with van der Waals surface area (Å²) >= 11 is 11.9. The summed E-state index contributed by atoms with van der Waals surface area (Å²) in [4.78, 5) is -0.168.